The quantitative estimate of drug-likeness (QED) is 0.508. The molecule has 10 heteroatoms. The molecule has 4 aliphatic rings. The maximum atomic E-state index is 13.3. The molecule has 0 radical (unpaired) electrons. The molecule has 2 bridgehead atoms. The van der Waals surface area contributed by atoms with E-state index in [4.69, 9.17) is 0 Å². The summed E-state index contributed by atoms with van der Waals surface area (Å²) >= 11 is -0.200. The summed E-state index contributed by atoms with van der Waals surface area (Å²) in [5, 5.41) is 10.8. The molecule has 6 rings (SSSR count). The zero-order chi connectivity index (χ0) is 23.4. The number of piperidine rings is 2. The van der Waals surface area contributed by atoms with Crippen molar-refractivity contribution >= 4 is 29.0 Å². The summed E-state index contributed by atoms with van der Waals surface area (Å²) in [5.74, 6) is 6.62. The van der Waals surface area contributed by atoms with Gasteiger partial charge >= 0.3 is 5.51 Å². The van der Waals surface area contributed by atoms with Crippen molar-refractivity contribution < 1.29 is 18.0 Å². The number of nitrogens with zero attached hydrogens (tertiary/aromatic N) is 3. The minimum absolute atomic E-state index is 0.0208. The van der Waals surface area contributed by atoms with E-state index in [1.54, 1.807) is 12.1 Å². The first-order valence-corrected chi connectivity index (χ1v) is 12.0. The van der Waals surface area contributed by atoms with Crippen LogP contribution >= 0.6 is 11.8 Å². The predicted molar refractivity (Wildman–Crippen MR) is 121 cm³/mol. The SMILES string of the molecule is C[C@H]1C2C[C@@]1(Nc1cccc3c(SC(F)(F)F)c(C#CCNC(=O)C4CC4)nn13)CCN2C. The Balaban J connectivity index is 1.44. The third-order valence-electron chi connectivity index (χ3n) is 7.21. The minimum Gasteiger partial charge on any atom is -0.364 e. The number of aromatic nitrogens is 2. The van der Waals surface area contributed by atoms with Gasteiger partial charge in [-0.15, -0.1) is 0 Å². The third-order valence-corrected chi connectivity index (χ3v) is 8.05. The molecule has 1 unspecified atom stereocenters. The second-order valence-corrected chi connectivity index (χ2v) is 10.4. The van der Waals surface area contributed by atoms with Gasteiger partial charge in [0.1, 0.15) is 11.5 Å². The molecule has 4 fully saturated rings. The summed E-state index contributed by atoms with van der Waals surface area (Å²) in [6.07, 6.45) is 3.73. The molecule has 2 aliphatic heterocycles. The number of rotatable bonds is 5. The molecule has 2 aromatic rings. The standard InChI is InChI=1S/C23H26F3N5OS/c1-14-18-13-22(14,10-12-30(18)2)28-19-7-3-6-17-20(33-23(24,25)26)16(29-31(17)19)5-4-11-27-21(32)15-8-9-15/h3,6-7,14-15,18,28H,8-13H2,1-2H3,(H,27,32)/t14-,18?,22-/m0/s1. The van der Waals surface area contributed by atoms with Gasteiger partial charge in [0.2, 0.25) is 5.91 Å². The first-order chi connectivity index (χ1) is 15.7. The van der Waals surface area contributed by atoms with Gasteiger partial charge in [-0.1, -0.05) is 18.9 Å². The molecule has 3 atom stereocenters. The normalized spacial score (nSPS) is 26.9. The van der Waals surface area contributed by atoms with Crippen molar-refractivity contribution in [1.82, 2.24) is 19.8 Å². The van der Waals surface area contributed by atoms with E-state index in [1.165, 1.54) is 4.52 Å². The number of alkyl halides is 3. The average Bonchev–Trinajstić information content (AvgIpc) is 3.55. The first-order valence-electron chi connectivity index (χ1n) is 11.2. The molecular formula is C23H26F3N5OS. The number of fused-ring (bicyclic) bond motifs is 3. The Morgan fingerprint density at radius 2 is 2.15 bits per heavy atom. The van der Waals surface area contributed by atoms with Crippen LogP contribution in [0, 0.1) is 23.7 Å². The number of anilines is 1. The molecule has 176 valence electrons. The van der Waals surface area contributed by atoms with Crippen molar-refractivity contribution in [3.8, 4) is 11.8 Å². The smallest absolute Gasteiger partial charge is 0.364 e. The second-order valence-electron chi connectivity index (χ2n) is 9.30. The number of carbonyl (C=O) groups excluding carboxylic acids is 1. The fourth-order valence-electron chi connectivity index (χ4n) is 5.02. The summed E-state index contributed by atoms with van der Waals surface area (Å²) in [6.45, 7) is 3.29. The van der Waals surface area contributed by atoms with Crippen molar-refractivity contribution in [2.24, 2.45) is 11.8 Å². The molecule has 1 amide bonds. The number of pyridine rings is 1. The van der Waals surface area contributed by atoms with Gasteiger partial charge in [0.25, 0.3) is 0 Å². The lowest BCUT2D eigenvalue weighted by Gasteiger charge is -2.62. The Hall–Kier alpha value is -2.38. The molecule has 6 nitrogen and oxygen atoms in total. The molecule has 2 aliphatic carbocycles. The van der Waals surface area contributed by atoms with E-state index in [9.17, 15) is 18.0 Å². The van der Waals surface area contributed by atoms with Crippen LogP contribution in [0.1, 0.15) is 38.3 Å². The van der Waals surface area contributed by atoms with Crippen LogP contribution in [0.4, 0.5) is 19.0 Å². The summed E-state index contributed by atoms with van der Waals surface area (Å²) < 4.78 is 41.6. The van der Waals surface area contributed by atoms with Crippen LogP contribution in [-0.4, -0.2) is 57.6 Å². The topological polar surface area (TPSA) is 61.7 Å². The summed E-state index contributed by atoms with van der Waals surface area (Å²) in [4.78, 5) is 14.1. The van der Waals surface area contributed by atoms with Crippen molar-refractivity contribution in [1.29, 1.82) is 0 Å². The van der Waals surface area contributed by atoms with E-state index in [2.05, 4.69) is 46.4 Å². The Labute approximate surface area is 194 Å². The van der Waals surface area contributed by atoms with E-state index in [0.29, 0.717) is 23.3 Å². The van der Waals surface area contributed by atoms with Crippen LogP contribution in [0.25, 0.3) is 5.52 Å². The van der Waals surface area contributed by atoms with Gasteiger partial charge in [-0.05, 0) is 68.5 Å². The van der Waals surface area contributed by atoms with E-state index in [0.717, 1.165) is 32.2 Å². The van der Waals surface area contributed by atoms with Gasteiger partial charge < -0.3 is 15.5 Å². The maximum absolute atomic E-state index is 13.3. The summed E-state index contributed by atoms with van der Waals surface area (Å²) in [5.41, 5.74) is -4.12. The Morgan fingerprint density at radius 1 is 1.36 bits per heavy atom. The Kier molecular flexibility index (Phi) is 5.52. The predicted octanol–water partition coefficient (Wildman–Crippen LogP) is 3.72. The van der Waals surface area contributed by atoms with Crippen molar-refractivity contribution in [3.05, 3.63) is 23.9 Å². The monoisotopic (exact) mass is 477 g/mol. The lowest BCUT2D eigenvalue weighted by atomic mass is 9.58. The van der Waals surface area contributed by atoms with Crippen LogP contribution in [0.5, 0.6) is 0 Å². The van der Waals surface area contributed by atoms with E-state index in [-0.39, 0.29) is 46.3 Å². The molecule has 2 N–H and O–H groups in total. The molecule has 0 aromatic carbocycles. The molecule has 2 saturated heterocycles. The number of thioether (sulfide) groups is 1. The molecule has 2 saturated carbocycles. The van der Waals surface area contributed by atoms with Gasteiger partial charge in [0.05, 0.1) is 17.0 Å². The van der Waals surface area contributed by atoms with Crippen molar-refractivity contribution in [3.63, 3.8) is 0 Å². The lowest BCUT2D eigenvalue weighted by molar-refractivity contribution is -0.122. The van der Waals surface area contributed by atoms with Crippen molar-refractivity contribution in [2.75, 3.05) is 25.5 Å². The van der Waals surface area contributed by atoms with E-state index in [1.807, 2.05) is 6.07 Å². The average molecular weight is 478 g/mol. The molecule has 33 heavy (non-hydrogen) atoms. The zero-order valence-electron chi connectivity index (χ0n) is 18.5. The van der Waals surface area contributed by atoms with Gasteiger partial charge in [0.15, 0.2) is 0 Å². The second kappa shape index (κ2) is 8.13. The van der Waals surface area contributed by atoms with Gasteiger partial charge in [-0.25, -0.2) is 4.52 Å². The number of hydrogen-bond acceptors (Lipinski definition) is 5. The van der Waals surface area contributed by atoms with Gasteiger partial charge in [-0.3, -0.25) is 4.79 Å². The number of carbonyl (C=O) groups is 1. The molecule has 2 aromatic heterocycles. The van der Waals surface area contributed by atoms with Crippen LogP contribution in [0.3, 0.4) is 0 Å². The fourth-order valence-corrected chi connectivity index (χ4v) is 5.70. The van der Waals surface area contributed by atoms with Crippen molar-refractivity contribution in [2.45, 2.75) is 54.6 Å². The molecule has 0 spiro atoms. The maximum Gasteiger partial charge on any atom is 0.446 e. The number of hydrogen-bond donors (Lipinski definition) is 2. The summed E-state index contributed by atoms with van der Waals surface area (Å²) in [7, 11) is 2.14. The number of nitrogens with one attached hydrogen (secondary N) is 2. The van der Waals surface area contributed by atoms with Gasteiger partial charge in [0, 0.05) is 24.0 Å². The van der Waals surface area contributed by atoms with Crippen LogP contribution in [0.2, 0.25) is 0 Å². The van der Waals surface area contributed by atoms with Crippen LogP contribution in [0.15, 0.2) is 23.1 Å². The van der Waals surface area contributed by atoms with E-state index >= 15 is 0 Å². The van der Waals surface area contributed by atoms with Gasteiger partial charge in [-0.2, -0.15) is 18.3 Å². The van der Waals surface area contributed by atoms with E-state index < -0.39 is 5.51 Å². The summed E-state index contributed by atoms with van der Waals surface area (Å²) in [6, 6.07) is 5.75. The Morgan fingerprint density at radius 3 is 2.82 bits per heavy atom. The number of halogens is 3. The zero-order valence-corrected chi connectivity index (χ0v) is 19.3. The highest BCUT2D eigenvalue weighted by atomic mass is 32.2. The molecular weight excluding hydrogens is 451 g/mol. The number of amides is 1. The highest BCUT2D eigenvalue weighted by Gasteiger charge is 2.56. The minimum atomic E-state index is -4.47. The highest BCUT2D eigenvalue weighted by Crippen LogP contribution is 2.50. The first kappa shape index (κ1) is 22.4. The lowest BCUT2D eigenvalue weighted by Crippen LogP contribution is -2.70. The third kappa shape index (κ3) is 4.28. The van der Waals surface area contributed by atoms with Crippen LogP contribution in [-0.2, 0) is 4.79 Å². The largest absolute Gasteiger partial charge is 0.446 e. The molecule has 4 heterocycles. The fraction of sp³-hybridized carbons (Fsp3) is 0.565. The Bertz CT molecular complexity index is 1140. The van der Waals surface area contributed by atoms with Crippen LogP contribution < -0.4 is 10.6 Å². The highest BCUT2D eigenvalue weighted by molar-refractivity contribution is 8.00.